The molecule has 2 amide bonds. The molecule has 1 aromatic carbocycles. The first-order valence-corrected chi connectivity index (χ1v) is 11.8. The summed E-state index contributed by atoms with van der Waals surface area (Å²) in [5.74, 6) is 1.47. The van der Waals surface area contributed by atoms with Gasteiger partial charge in [0.15, 0.2) is 11.5 Å². The summed E-state index contributed by atoms with van der Waals surface area (Å²) in [5, 5.41) is -0.172. The predicted molar refractivity (Wildman–Crippen MR) is 120 cm³/mol. The van der Waals surface area contributed by atoms with Crippen LogP contribution < -0.4 is 9.47 Å². The number of ether oxygens (including phenoxy) is 2. The Hall–Kier alpha value is -1.47. The third-order valence-electron chi connectivity index (χ3n) is 5.48. The third-order valence-corrected chi connectivity index (χ3v) is 6.98. The maximum Gasteiger partial charge on any atom is 0.293 e. The van der Waals surface area contributed by atoms with E-state index in [9.17, 15) is 9.59 Å². The molecule has 1 heterocycles. The number of imide groups is 1. The Morgan fingerprint density at radius 1 is 1.28 bits per heavy atom. The number of methoxy groups -OCH3 is 1. The summed E-state index contributed by atoms with van der Waals surface area (Å²) in [7, 11) is 1.59. The van der Waals surface area contributed by atoms with Gasteiger partial charge in [-0.25, -0.2) is 0 Å². The molecule has 1 atom stereocenters. The minimum absolute atomic E-state index is 0.0577. The molecule has 1 aromatic rings. The third kappa shape index (κ3) is 5.37. The van der Waals surface area contributed by atoms with Gasteiger partial charge in [0.2, 0.25) is 0 Å². The van der Waals surface area contributed by atoms with Crippen molar-refractivity contribution in [3.63, 3.8) is 0 Å². The maximum absolute atomic E-state index is 12.8. The van der Waals surface area contributed by atoms with E-state index in [2.05, 4.69) is 22.9 Å². The van der Waals surface area contributed by atoms with E-state index in [0.717, 1.165) is 41.1 Å². The van der Waals surface area contributed by atoms with Crippen molar-refractivity contribution in [1.29, 1.82) is 0 Å². The molecule has 2 fully saturated rings. The smallest absolute Gasteiger partial charge is 0.293 e. The van der Waals surface area contributed by atoms with Crippen molar-refractivity contribution in [2.75, 3.05) is 13.7 Å². The van der Waals surface area contributed by atoms with Crippen LogP contribution in [0.4, 0.5) is 4.79 Å². The Labute approximate surface area is 185 Å². The molecule has 2 aliphatic rings. The van der Waals surface area contributed by atoms with Crippen LogP contribution in [0.3, 0.4) is 0 Å². The fourth-order valence-corrected chi connectivity index (χ4v) is 5.06. The van der Waals surface area contributed by atoms with Gasteiger partial charge >= 0.3 is 0 Å². The number of nitrogens with zero attached hydrogens (tertiary/aromatic N) is 1. The van der Waals surface area contributed by atoms with E-state index in [1.807, 2.05) is 19.1 Å². The van der Waals surface area contributed by atoms with Crippen molar-refractivity contribution in [1.82, 2.24) is 4.90 Å². The highest BCUT2D eigenvalue weighted by atomic mass is 79.9. The Kier molecular flexibility index (Phi) is 7.68. The van der Waals surface area contributed by atoms with E-state index in [4.69, 9.17) is 9.47 Å². The predicted octanol–water partition coefficient (Wildman–Crippen LogP) is 6.25. The second kappa shape index (κ2) is 10.0. The van der Waals surface area contributed by atoms with Crippen LogP contribution in [0.5, 0.6) is 11.5 Å². The molecule has 3 rings (SSSR count). The molecule has 1 saturated heterocycles. The standard InChI is InChI=1S/C22H28BrNO4S/c1-4-14(2)28-20-17(23)10-16(11-18(20)27-3)12-19-21(25)24(22(26)29-19)13-15-8-6-5-7-9-15/h10-12,14-15H,4-9,13H2,1-3H3/b19-12+/t14-/m0/s1. The molecule has 0 radical (unpaired) electrons. The SMILES string of the molecule is CC[C@H](C)Oc1c(Br)cc(/C=C2/SC(=O)N(CC3CCCCC3)C2=O)cc1OC. The average molecular weight is 482 g/mol. The van der Waals surface area contributed by atoms with E-state index in [1.165, 1.54) is 24.2 Å². The van der Waals surface area contributed by atoms with Crippen LogP contribution in [0.2, 0.25) is 0 Å². The van der Waals surface area contributed by atoms with Crippen LogP contribution in [-0.4, -0.2) is 35.8 Å². The lowest BCUT2D eigenvalue weighted by Crippen LogP contribution is -2.34. The van der Waals surface area contributed by atoms with Crippen LogP contribution in [0.1, 0.15) is 57.9 Å². The Balaban J connectivity index is 1.79. The number of rotatable bonds is 7. The van der Waals surface area contributed by atoms with Crippen LogP contribution >= 0.6 is 27.7 Å². The van der Waals surface area contributed by atoms with Gasteiger partial charge in [0.05, 0.1) is 22.6 Å². The van der Waals surface area contributed by atoms with Crippen LogP contribution in [0.25, 0.3) is 6.08 Å². The van der Waals surface area contributed by atoms with Gasteiger partial charge in [0.1, 0.15) is 0 Å². The summed E-state index contributed by atoms with van der Waals surface area (Å²) in [5.41, 5.74) is 0.786. The van der Waals surface area contributed by atoms with E-state index in [-0.39, 0.29) is 17.3 Å². The normalized spacial score (nSPS) is 20.4. The minimum Gasteiger partial charge on any atom is -0.493 e. The fraction of sp³-hybridized carbons (Fsp3) is 0.545. The van der Waals surface area contributed by atoms with E-state index in [0.29, 0.717) is 28.9 Å². The number of hydrogen-bond acceptors (Lipinski definition) is 5. The van der Waals surface area contributed by atoms with Gasteiger partial charge in [0.25, 0.3) is 11.1 Å². The van der Waals surface area contributed by atoms with Gasteiger partial charge in [-0.2, -0.15) is 0 Å². The van der Waals surface area contributed by atoms with Crippen molar-refractivity contribution in [3.8, 4) is 11.5 Å². The van der Waals surface area contributed by atoms with Gasteiger partial charge < -0.3 is 9.47 Å². The molecular weight excluding hydrogens is 454 g/mol. The van der Waals surface area contributed by atoms with Gasteiger partial charge in [-0.1, -0.05) is 26.2 Å². The largest absolute Gasteiger partial charge is 0.493 e. The first kappa shape index (κ1) is 22.2. The number of carbonyl (C=O) groups excluding carboxylic acids is 2. The summed E-state index contributed by atoms with van der Waals surface area (Å²) in [6.07, 6.45) is 8.53. The van der Waals surface area contributed by atoms with E-state index < -0.39 is 0 Å². The van der Waals surface area contributed by atoms with Crippen molar-refractivity contribution in [2.24, 2.45) is 5.92 Å². The highest BCUT2D eigenvalue weighted by Crippen LogP contribution is 2.40. The molecule has 1 saturated carbocycles. The molecule has 0 spiro atoms. The first-order valence-electron chi connectivity index (χ1n) is 10.2. The molecule has 0 unspecified atom stereocenters. The molecule has 0 aromatic heterocycles. The van der Waals surface area contributed by atoms with Crippen molar-refractivity contribution in [2.45, 2.75) is 58.5 Å². The quantitative estimate of drug-likeness (QED) is 0.430. The van der Waals surface area contributed by atoms with Crippen molar-refractivity contribution in [3.05, 3.63) is 27.1 Å². The lowest BCUT2D eigenvalue weighted by atomic mass is 9.89. The van der Waals surface area contributed by atoms with Crippen molar-refractivity contribution < 1.29 is 19.1 Å². The summed E-state index contributed by atoms with van der Waals surface area (Å²) >= 11 is 4.56. The number of benzene rings is 1. The Morgan fingerprint density at radius 3 is 2.66 bits per heavy atom. The van der Waals surface area contributed by atoms with Gasteiger partial charge in [-0.05, 0) is 83.6 Å². The fourth-order valence-electron chi connectivity index (χ4n) is 3.66. The van der Waals surface area contributed by atoms with Gasteiger partial charge in [-0.15, -0.1) is 0 Å². The second-order valence-electron chi connectivity index (χ2n) is 7.67. The molecule has 1 aliphatic carbocycles. The topological polar surface area (TPSA) is 55.8 Å². The zero-order valence-electron chi connectivity index (χ0n) is 17.2. The number of thioether (sulfide) groups is 1. The number of hydrogen-bond donors (Lipinski definition) is 0. The van der Waals surface area contributed by atoms with E-state index >= 15 is 0 Å². The zero-order chi connectivity index (χ0) is 21.0. The summed E-state index contributed by atoms with van der Waals surface area (Å²) in [4.78, 5) is 27.1. The Morgan fingerprint density at radius 2 is 2.00 bits per heavy atom. The van der Waals surface area contributed by atoms with Gasteiger partial charge in [0, 0.05) is 6.54 Å². The van der Waals surface area contributed by atoms with Gasteiger partial charge in [-0.3, -0.25) is 14.5 Å². The molecule has 7 heteroatoms. The molecule has 5 nitrogen and oxygen atoms in total. The molecule has 0 bridgehead atoms. The highest BCUT2D eigenvalue weighted by molar-refractivity contribution is 9.10. The Bertz CT molecular complexity index is 804. The molecule has 29 heavy (non-hydrogen) atoms. The lowest BCUT2D eigenvalue weighted by Gasteiger charge is -2.25. The van der Waals surface area contributed by atoms with Crippen molar-refractivity contribution >= 4 is 44.9 Å². The summed E-state index contributed by atoms with van der Waals surface area (Å²) < 4.78 is 12.2. The number of carbonyl (C=O) groups is 2. The van der Waals surface area contributed by atoms with Crippen LogP contribution in [-0.2, 0) is 4.79 Å². The molecule has 0 N–H and O–H groups in total. The highest BCUT2D eigenvalue weighted by Gasteiger charge is 2.36. The zero-order valence-corrected chi connectivity index (χ0v) is 19.6. The van der Waals surface area contributed by atoms with Crippen LogP contribution in [0.15, 0.2) is 21.5 Å². The summed E-state index contributed by atoms with van der Waals surface area (Å²) in [6, 6.07) is 3.72. The molecular formula is C22H28BrNO4S. The van der Waals surface area contributed by atoms with E-state index in [1.54, 1.807) is 13.2 Å². The monoisotopic (exact) mass is 481 g/mol. The molecule has 1 aliphatic heterocycles. The number of halogens is 1. The number of amides is 2. The molecule has 158 valence electrons. The minimum atomic E-state index is -0.194. The average Bonchev–Trinajstić information content (AvgIpc) is 2.97. The van der Waals surface area contributed by atoms with Crippen LogP contribution in [0, 0.1) is 5.92 Å². The summed E-state index contributed by atoms with van der Waals surface area (Å²) in [6.45, 7) is 4.60. The second-order valence-corrected chi connectivity index (χ2v) is 9.51. The lowest BCUT2D eigenvalue weighted by molar-refractivity contribution is -0.123. The first-order chi connectivity index (χ1) is 13.9. The maximum atomic E-state index is 12.8.